The molecule has 4 bridgehead atoms. The van der Waals surface area contributed by atoms with Gasteiger partial charge >= 0.3 is 0 Å². The fourth-order valence-electron chi connectivity index (χ4n) is 7.01. The van der Waals surface area contributed by atoms with Crippen LogP contribution < -0.4 is 11.0 Å². The Hall–Kier alpha value is -3.12. The second-order valence-electron chi connectivity index (χ2n) is 10.3. The van der Waals surface area contributed by atoms with Crippen molar-refractivity contribution in [1.29, 1.82) is 0 Å². The van der Waals surface area contributed by atoms with Crippen LogP contribution in [0.1, 0.15) is 44.1 Å². The van der Waals surface area contributed by atoms with Crippen molar-refractivity contribution in [2.24, 2.45) is 28.3 Å². The van der Waals surface area contributed by atoms with Gasteiger partial charge in [-0.1, -0.05) is 41.9 Å². The van der Waals surface area contributed by atoms with Crippen molar-refractivity contribution in [2.75, 3.05) is 0 Å². The maximum Gasteiger partial charge on any atom is 0.265 e. The zero-order chi connectivity index (χ0) is 23.4. The second-order valence-corrected chi connectivity index (χ2v) is 10.7. The first-order valence-electron chi connectivity index (χ1n) is 11.9. The third kappa shape index (κ3) is 3.35. The predicted octanol–water partition coefficient (Wildman–Crippen LogP) is 5.02. The average molecular weight is 476 g/mol. The predicted molar refractivity (Wildman–Crippen MR) is 133 cm³/mol. The molecular weight excluding hydrogens is 450 g/mol. The molecule has 2 aromatic carbocycles. The molecule has 7 rings (SSSR count). The molecule has 4 aliphatic carbocycles. The number of carbonyl (C=O) groups excluding carboxylic acids is 1. The molecule has 4 fully saturated rings. The number of aromatic nitrogens is 1. The van der Waals surface area contributed by atoms with Crippen LogP contribution in [-0.4, -0.2) is 21.8 Å². The zero-order valence-corrected chi connectivity index (χ0v) is 19.5. The Morgan fingerprint density at radius 3 is 2.24 bits per heavy atom. The Bertz CT molecular complexity index is 1360. The summed E-state index contributed by atoms with van der Waals surface area (Å²) in [6.07, 6.45) is 8.07. The summed E-state index contributed by atoms with van der Waals surface area (Å²) in [5, 5.41) is 16.7. The van der Waals surface area contributed by atoms with Crippen LogP contribution in [0.4, 0.5) is 0 Å². The monoisotopic (exact) mass is 475 g/mol. The van der Waals surface area contributed by atoms with Crippen molar-refractivity contribution in [3.8, 4) is 11.6 Å². The number of nitrogens with one attached hydrogen (secondary N) is 1. The van der Waals surface area contributed by atoms with Gasteiger partial charge in [0.15, 0.2) is 0 Å². The summed E-state index contributed by atoms with van der Waals surface area (Å²) in [6.45, 7) is 0. The van der Waals surface area contributed by atoms with Crippen molar-refractivity contribution in [3.05, 3.63) is 69.5 Å². The van der Waals surface area contributed by atoms with E-state index in [0.717, 1.165) is 19.3 Å². The molecule has 0 unspecified atom stereocenters. The minimum absolute atomic E-state index is 0.0222. The summed E-state index contributed by atoms with van der Waals surface area (Å²) < 4.78 is 1.19. The van der Waals surface area contributed by atoms with Crippen LogP contribution in [-0.2, 0) is 4.79 Å². The highest BCUT2D eigenvalue weighted by Gasteiger charge is 2.54. The molecule has 0 aliphatic heterocycles. The smallest absolute Gasteiger partial charge is 0.265 e. The van der Waals surface area contributed by atoms with E-state index in [0.29, 0.717) is 44.8 Å². The Labute approximate surface area is 202 Å². The van der Waals surface area contributed by atoms with E-state index < -0.39 is 0 Å². The van der Waals surface area contributed by atoms with E-state index in [1.54, 1.807) is 48.5 Å². The molecule has 0 saturated heterocycles. The van der Waals surface area contributed by atoms with Crippen LogP contribution in [0, 0.1) is 23.2 Å². The third-order valence-corrected chi connectivity index (χ3v) is 8.40. The minimum Gasteiger partial charge on any atom is -0.494 e. The third-order valence-electron chi connectivity index (χ3n) is 8.08. The number of hydrazone groups is 1. The summed E-state index contributed by atoms with van der Waals surface area (Å²) in [7, 11) is 0. The molecule has 0 radical (unpaired) electrons. The van der Waals surface area contributed by atoms with Crippen molar-refractivity contribution in [1.82, 2.24) is 9.99 Å². The molecule has 6 nitrogen and oxygen atoms in total. The Morgan fingerprint density at radius 2 is 1.59 bits per heavy atom. The lowest BCUT2D eigenvalue weighted by atomic mass is 9.49. The lowest BCUT2D eigenvalue weighted by Crippen LogP contribution is -2.52. The van der Waals surface area contributed by atoms with Gasteiger partial charge in [0.1, 0.15) is 0 Å². The fraction of sp³-hybridized carbons (Fsp3) is 0.370. The molecule has 34 heavy (non-hydrogen) atoms. The summed E-state index contributed by atoms with van der Waals surface area (Å²) in [4.78, 5) is 26.5. The van der Waals surface area contributed by atoms with Gasteiger partial charge in [-0.15, -0.1) is 0 Å². The highest BCUT2D eigenvalue weighted by Crippen LogP contribution is 2.60. The number of nitrogens with zero attached hydrogens (tertiary/aromatic N) is 2. The van der Waals surface area contributed by atoms with E-state index in [-0.39, 0.29) is 22.8 Å². The SMILES string of the molecule is O=C(N/N=C\c1c(O)n(-c2ccccc2Cl)c(=O)c2ccccc12)C12CC3CC(CC(C3)C1)C2. The van der Waals surface area contributed by atoms with Gasteiger partial charge in [-0.05, 0) is 74.5 Å². The largest absolute Gasteiger partial charge is 0.494 e. The lowest BCUT2D eigenvalue weighted by Gasteiger charge is -2.55. The van der Waals surface area contributed by atoms with Crippen LogP contribution in [0.25, 0.3) is 16.5 Å². The molecule has 1 amide bonds. The molecule has 1 aromatic heterocycles. The van der Waals surface area contributed by atoms with E-state index in [9.17, 15) is 14.7 Å². The van der Waals surface area contributed by atoms with Gasteiger partial charge in [-0.2, -0.15) is 5.10 Å². The number of hydrogen-bond donors (Lipinski definition) is 2. The molecule has 0 atom stereocenters. The van der Waals surface area contributed by atoms with Crippen LogP contribution in [0.15, 0.2) is 58.4 Å². The standard InChI is InChI=1S/C27H26ClN3O3/c28-22-7-3-4-8-23(22)31-24(32)20-6-2-1-5-19(20)21(25(31)33)15-29-30-26(34)27-12-16-9-17(13-27)11-18(10-16)14-27/h1-8,15-18,33H,9-14H2,(H,30,34)/b29-15-. The molecule has 2 N–H and O–H groups in total. The first-order valence-corrected chi connectivity index (χ1v) is 12.3. The zero-order valence-electron chi connectivity index (χ0n) is 18.7. The van der Waals surface area contributed by atoms with E-state index in [1.807, 2.05) is 0 Å². The molecule has 4 saturated carbocycles. The molecule has 174 valence electrons. The van der Waals surface area contributed by atoms with Gasteiger partial charge in [0.05, 0.1) is 27.9 Å². The molecule has 1 heterocycles. The van der Waals surface area contributed by atoms with Crippen LogP contribution in [0.2, 0.25) is 5.02 Å². The summed E-state index contributed by atoms with van der Waals surface area (Å²) in [5.41, 5.74) is 2.81. The van der Waals surface area contributed by atoms with E-state index in [2.05, 4.69) is 10.5 Å². The average Bonchev–Trinajstić information content (AvgIpc) is 2.81. The molecule has 4 aliphatic rings. The van der Waals surface area contributed by atoms with Crippen molar-refractivity contribution < 1.29 is 9.90 Å². The summed E-state index contributed by atoms with van der Waals surface area (Å²) in [6, 6.07) is 13.9. The minimum atomic E-state index is -0.379. The van der Waals surface area contributed by atoms with Gasteiger partial charge < -0.3 is 5.11 Å². The fourth-order valence-corrected chi connectivity index (χ4v) is 7.23. The second kappa shape index (κ2) is 7.98. The van der Waals surface area contributed by atoms with Gasteiger partial charge in [0.2, 0.25) is 11.8 Å². The van der Waals surface area contributed by atoms with Crippen molar-refractivity contribution in [3.63, 3.8) is 0 Å². The first kappa shape index (κ1) is 21.4. The van der Waals surface area contributed by atoms with Crippen LogP contribution >= 0.6 is 11.6 Å². The quantitative estimate of drug-likeness (QED) is 0.410. The lowest BCUT2D eigenvalue weighted by molar-refractivity contribution is -0.146. The van der Waals surface area contributed by atoms with Gasteiger partial charge in [-0.25, -0.2) is 9.99 Å². The number of halogens is 1. The van der Waals surface area contributed by atoms with E-state index >= 15 is 0 Å². The van der Waals surface area contributed by atoms with Gasteiger partial charge in [0, 0.05) is 10.8 Å². The maximum atomic E-state index is 13.3. The van der Waals surface area contributed by atoms with Gasteiger partial charge in [-0.3, -0.25) is 9.59 Å². The summed E-state index contributed by atoms with van der Waals surface area (Å²) in [5.74, 6) is 1.69. The number of benzene rings is 2. The maximum absolute atomic E-state index is 13.3. The molecule has 7 heteroatoms. The highest BCUT2D eigenvalue weighted by atomic mass is 35.5. The van der Waals surface area contributed by atoms with Crippen molar-refractivity contribution >= 4 is 34.5 Å². The number of rotatable bonds is 4. The number of para-hydroxylation sites is 1. The number of pyridine rings is 1. The van der Waals surface area contributed by atoms with Crippen molar-refractivity contribution in [2.45, 2.75) is 38.5 Å². The number of hydrogen-bond acceptors (Lipinski definition) is 4. The Kier molecular flexibility index (Phi) is 5.03. The molecule has 3 aromatic rings. The normalized spacial score (nSPS) is 27.5. The number of aromatic hydroxyl groups is 1. The number of carbonyl (C=O) groups is 1. The Morgan fingerprint density at radius 1 is 1.00 bits per heavy atom. The highest BCUT2D eigenvalue weighted by molar-refractivity contribution is 6.32. The first-order chi connectivity index (χ1) is 16.4. The molecular formula is C27H26ClN3O3. The number of amides is 1. The van der Waals surface area contributed by atoms with Gasteiger partial charge in [0.25, 0.3) is 5.56 Å². The summed E-state index contributed by atoms with van der Waals surface area (Å²) >= 11 is 6.34. The van der Waals surface area contributed by atoms with Crippen LogP contribution in [0.5, 0.6) is 5.88 Å². The topological polar surface area (TPSA) is 83.7 Å². The number of fused-ring (bicyclic) bond motifs is 1. The van der Waals surface area contributed by atoms with Crippen LogP contribution in [0.3, 0.4) is 0 Å². The van der Waals surface area contributed by atoms with E-state index in [4.69, 9.17) is 11.6 Å². The molecule has 0 spiro atoms. The van der Waals surface area contributed by atoms with E-state index in [1.165, 1.54) is 30.0 Å². The Balaban J connectivity index is 1.37.